The Morgan fingerprint density at radius 2 is 1.39 bits per heavy atom. The molecule has 5 heteroatoms. The van der Waals surface area contributed by atoms with Gasteiger partial charge in [-0.15, -0.1) is 0 Å². The number of halogens is 4. The fraction of sp³-hybridized carbons (Fsp3) is 0.478. The number of rotatable bonds is 11. The van der Waals surface area contributed by atoms with Crippen LogP contribution < -0.4 is 4.74 Å². The zero-order valence-electron chi connectivity index (χ0n) is 16.6. The first kappa shape index (κ1) is 22.6. The van der Waals surface area contributed by atoms with Crippen LogP contribution in [0.5, 0.6) is 5.75 Å². The minimum atomic E-state index is -1.13. The van der Waals surface area contributed by atoms with E-state index in [1.54, 1.807) is 6.07 Å². The van der Waals surface area contributed by atoms with E-state index in [2.05, 4.69) is 13.8 Å². The van der Waals surface area contributed by atoms with Crippen LogP contribution in [0.15, 0.2) is 24.3 Å². The molecule has 2 aromatic carbocycles. The lowest BCUT2D eigenvalue weighted by Crippen LogP contribution is -2.02. The van der Waals surface area contributed by atoms with Gasteiger partial charge in [0.05, 0.1) is 11.6 Å². The molecule has 0 heterocycles. The summed E-state index contributed by atoms with van der Waals surface area (Å²) in [5.41, 5.74) is 0.481. The van der Waals surface area contributed by atoms with Gasteiger partial charge in [-0.1, -0.05) is 69.7 Å². The Bertz CT molecular complexity index is 777. The summed E-state index contributed by atoms with van der Waals surface area (Å²) < 4.78 is 49.0. The standard InChI is InChI=1S/C23H28ClF3O/c1-3-5-7-9-15-28-19-14-13-18(22(26)23(19)27)17-12-11-16(10-8-6-4-2)20(24)21(17)25/h11-14H,3-10,15H2,1-2H3. The number of ether oxygens (including phenoxy) is 1. The lowest BCUT2D eigenvalue weighted by atomic mass is 9.99. The van der Waals surface area contributed by atoms with Crippen molar-refractivity contribution >= 4 is 11.6 Å². The van der Waals surface area contributed by atoms with E-state index < -0.39 is 17.5 Å². The Hall–Kier alpha value is -1.68. The highest BCUT2D eigenvalue weighted by Crippen LogP contribution is 2.35. The van der Waals surface area contributed by atoms with Crippen molar-refractivity contribution in [2.75, 3.05) is 6.61 Å². The third kappa shape index (κ3) is 5.66. The van der Waals surface area contributed by atoms with Crippen molar-refractivity contribution in [2.45, 2.75) is 65.2 Å². The summed E-state index contributed by atoms with van der Waals surface area (Å²) in [5, 5.41) is -0.0235. The number of hydrogen-bond acceptors (Lipinski definition) is 1. The van der Waals surface area contributed by atoms with E-state index >= 15 is 0 Å². The molecule has 0 fully saturated rings. The summed E-state index contributed by atoms with van der Waals surface area (Å²) in [5.74, 6) is -3.10. The number of unbranched alkanes of at least 4 members (excludes halogenated alkanes) is 5. The average molecular weight is 413 g/mol. The lowest BCUT2D eigenvalue weighted by molar-refractivity contribution is 0.285. The second-order valence-electron chi connectivity index (χ2n) is 7.01. The van der Waals surface area contributed by atoms with Crippen LogP contribution in [0.1, 0.15) is 64.4 Å². The minimum Gasteiger partial charge on any atom is -0.490 e. The molecule has 0 radical (unpaired) electrons. The summed E-state index contributed by atoms with van der Waals surface area (Å²) in [4.78, 5) is 0. The molecule has 0 spiro atoms. The fourth-order valence-corrected chi connectivity index (χ4v) is 3.38. The van der Waals surface area contributed by atoms with Gasteiger partial charge in [-0.25, -0.2) is 8.78 Å². The first-order valence-corrected chi connectivity index (χ1v) is 10.5. The molecular weight excluding hydrogens is 385 g/mol. The van der Waals surface area contributed by atoms with Crippen molar-refractivity contribution in [3.63, 3.8) is 0 Å². The van der Waals surface area contributed by atoms with Crippen molar-refractivity contribution in [1.29, 1.82) is 0 Å². The van der Waals surface area contributed by atoms with E-state index in [1.165, 1.54) is 18.2 Å². The SMILES string of the molecule is CCCCCCOc1ccc(-c2ccc(CCCCC)c(Cl)c2F)c(F)c1F. The third-order valence-corrected chi connectivity index (χ3v) is 5.21. The normalized spacial score (nSPS) is 11.1. The molecule has 28 heavy (non-hydrogen) atoms. The van der Waals surface area contributed by atoms with Crippen LogP contribution in [0.2, 0.25) is 5.02 Å². The van der Waals surface area contributed by atoms with Crippen LogP contribution in [-0.4, -0.2) is 6.61 Å². The Kier molecular flexibility index (Phi) is 9.17. The summed E-state index contributed by atoms with van der Waals surface area (Å²) in [7, 11) is 0. The van der Waals surface area contributed by atoms with Gasteiger partial charge in [0.15, 0.2) is 11.6 Å². The van der Waals surface area contributed by atoms with Gasteiger partial charge in [0.2, 0.25) is 5.82 Å². The monoisotopic (exact) mass is 412 g/mol. The van der Waals surface area contributed by atoms with E-state index in [0.29, 0.717) is 18.6 Å². The molecule has 0 unspecified atom stereocenters. The third-order valence-electron chi connectivity index (χ3n) is 4.80. The predicted molar refractivity (Wildman–Crippen MR) is 110 cm³/mol. The second-order valence-corrected chi connectivity index (χ2v) is 7.38. The smallest absolute Gasteiger partial charge is 0.201 e. The molecular formula is C23H28ClF3O. The van der Waals surface area contributed by atoms with Crippen LogP contribution in [0.4, 0.5) is 13.2 Å². The van der Waals surface area contributed by atoms with Crippen LogP contribution in [0, 0.1) is 17.5 Å². The van der Waals surface area contributed by atoms with Gasteiger partial charge < -0.3 is 4.74 Å². The molecule has 0 saturated heterocycles. The van der Waals surface area contributed by atoms with Crippen LogP contribution in [0.3, 0.4) is 0 Å². The molecule has 0 amide bonds. The molecule has 2 rings (SSSR count). The van der Waals surface area contributed by atoms with E-state index in [1.807, 2.05) is 0 Å². The highest BCUT2D eigenvalue weighted by atomic mass is 35.5. The number of aryl methyl sites for hydroxylation is 1. The first-order chi connectivity index (χ1) is 13.5. The largest absolute Gasteiger partial charge is 0.490 e. The second kappa shape index (κ2) is 11.4. The molecule has 0 atom stereocenters. The van der Waals surface area contributed by atoms with Crippen molar-refractivity contribution in [1.82, 2.24) is 0 Å². The predicted octanol–water partition coefficient (Wildman–Crippen LogP) is 8.12. The molecule has 154 valence electrons. The van der Waals surface area contributed by atoms with Gasteiger partial charge in [0.25, 0.3) is 0 Å². The topological polar surface area (TPSA) is 9.23 Å². The summed E-state index contributed by atoms with van der Waals surface area (Å²) in [6, 6.07) is 5.83. The number of hydrogen-bond donors (Lipinski definition) is 0. The van der Waals surface area contributed by atoms with Gasteiger partial charge in [0.1, 0.15) is 5.82 Å². The molecule has 0 bridgehead atoms. The average Bonchev–Trinajstić information content (AvgIpc) is 2.69. The van der Waals surface area contributed by atoms with Crippen molar-refractivity contribution in [3.05, 3.63) is 52.3 Å². The zero-order chi connectivity index (χ0) is 20.5. The molecule has 0 N–H and O–H groups in total. The molecule has 0 saturated carbocycles. The summed E-state index contributed by atoms with van der Waals surface area (Å²) in [6.45, 7) is 4.50. The van der Waals surface area contributed by atoms with Crippen molar-refractivity contribution < 1.29 is 17.9 Å². The molecule has 0 aliphatic rings. The Labute approximate surface area is 170 Å². The first-order valence-electron chi connectivity index (χ1n) is 10.1. The Morgan fingerprint density at radius 1 is 0.750 bits per heavy atom. The maximum atomic E-state index is 14.7. The van der Waals surface area contributed by atoms with E-state index in [9.17, 15) is 13.2 Å². The van der Waals surface area contributed by atoms with Crippen LogP contribution >= 0.6 is 11.6 Å². The van der Waals surface area contributed by atoms with Crippen LogP contribution in [-0.2, 0) is 6.42 Å². The van der Waals surface area contributed by atoms with Gasteiger partial charge in [-0.05, 0) is 37.0 Å². The maximum Gasteiger partial charge on any atom is 0.201 e. The van der Waals surface area contributed by atoms with E-state index in [-0.39, 0.29) is 21.9 Å². The highest BCUT2D eigenvalue weighted by molar-refractivity contribution is 6.31. The fourth-order valence-electron chi connectivity index (χ4n) is 3.12. The molecule has 0 aliphatic carbocycles. The molecule has 0 aromatic heterocycles. The number of benzene rings is 2. The van der Waals surface area contributed by atoms with E-state index in [4.69, 9.17) is 16.3 Å². The molecule has 0 aliphatic heterocycles. The van der Waals surface area contributed by atoms with Gasteiger partial charge in [0, 0.05) is 11.1 Å². The van der Waals surface area contributed by atoms with Gasteiger partial charge in [-0.3, -0.25) is 0 Å². The lowest BCUT2D eigenvalue weighted by Gasteiger charge is -2.13. The Morgan fingerprint density at radius 3 is 2.11 bits per heavy atom. The maximum absolute atomic E-state index is 14.7. The minimum absolute atomic E-state index is 0.0235. The van der Waals surface area contributed by atoms with E-state index in [0.717, 1.165) is 44.9 Å². The highest BCUT2D eigenvalue weighted by Gasteiger charge is 2.20. The molecule has 2 aromatic rings. The van der Waals surface area contributed by atoms with Crippen molar-refractivity contribution in [3.8, 4) is 16.9 Å². The van der Waals surface area contributed by atoms with Crippen LogP contribution in [0.25, 0.3) is 11.1 Å². The zero-order valence-corrected chi connectivity index (χ0v) is 17.3. The summed E-state index contributed by atoms with van der Waals surface area (Å²) in [6.07, 6.45) is 7.56. The molecule has 1 nitrogen and oxygen atoms in total. The quantitative estimate of drug-likeness (QED) is 0.338. The Balaban J connectivity index is 2.19. The van der Waals surface area contributed by atoms with Crippen molar-refractivity contribution in [2.24, 2.45) is 0 Å². The van der Waals surface area contributed by atoms with Gasteiger partial charge >= 0.3 is 0 Å². The van der Waals surface area contributed by atoms with Gasteiger partial charge in [-0.2, -0.15) is 4.39 Å². The summed E-state index contributed by atoms with van der Waals surface area (Å²) >= 11 is 6.14.